The van der Waals surface area contributed by atoms with Crippen LogP contribution in [0.15, 0.2) is 54.2 Å². The number of rotatable bonds is 6. The maximum absolute atomic E-state index is 5.56. The van der Waals surface area contributed by atoms with E-state index in [-0.39, 0.29) is 6.79 Å². The number of hydrogen-bond donors (Lipinski definition) is 1. The third-order valence-corrected chi connectivity index (χ3v) is 5.73. The van der Waals surface area contributed by atoms with E-state index in [9.17, 15) is 0 Å². The van der Waals surface area contributed by atoms with E-state index >= 15 is 0 Å². The highest BCUT2D eigenvalue weighted by Crippen LogP contribution is 2.38. The average molecular weight is 405 g/mol. The zero-order valence-electron chi connectivity index (χ0n) is 15.8. The second-order valence-electron chi connectivity index (χ2n) is 6.68. The van der Waals surface area contributed by atoms with Crippen molar-refractivity contribution in [3.8, 4) is 22.6 Å². The summed E-state index contributed by atoms with van der Waals surface area (Å²) in [5.74, 6) is 2.34. The fourth-order valence-electron chi connectivity index (χ4n) is 3.48. The first-order valence-corrected chi connectivity index (χ1v) is 10.1. The van der Waals surface area contributed by atoms with E-state index in [0.717, 1.165) is 51.5 Å². The van der Waals surface area contributed by atoms with Crippen LogP contribution >= 0.6 is 11.3 Å². The Morgan fingerprint density at radius 1 is 1.10 bits per heavy atom. The molecule has 146 valence electrons. The monoisotopic (exact) mass is 405 g/mol. The third kappa shape index (κ3) is 3.50. The van der Waals surface area contributed by atoms with E-state index in [0.29, 0.717) is 6.61 Å². The predicted molar refractivity (Wildman–Crippen MR) is 113 cm³/mol. The van der Waals surface area contributed by atoms with E-state index < -0.39 is 0 Å². The molecule has 29 heavy (non-hydrogen) atoms. The van der Waals surface area contributed by atoms with Crippen LogP contribution in [0.4, 0.5) is 5.82 Å². The van der Waals surface area contributed by atoms with Crippen molar-refractivity contribution in [1.29, 1.82) is 0 Å². The molecule has 7 heteroatoms. The normalized spacial score (nSPS) is 12.4. The number of nitrogens with zero attached hydrogens (tertiary/aromatic N) is 2. The van der Waals surface area contributed by atoms with Gasteiger partial charge in [0.05, 0.1) is 18.7 Å². The highest BCUT2D eigenvalue weighted by atomic mass is 32.1. The Morgan fingerprint density at radius 3 is 2.90 bits per heavy atom. The Morgan fingerprint density at radius 2 is 2.03 bits per heavy atom. The first-order chi connectivity index (χ1) is 14.3. The molecule has 6 nitrogen and oxygen atoms in total. The fourth-order valence-corrected chi connectivity index (χ4v) is 4.12. The molecular weight excluding hydrogens is 386 g/mol. The summed E-state index contributed by atoms with van der Waals surface area (Å²) < 4.78 is 16.5. The van der Waals surface area contributed by atoms with Crippen LogP contribution in [0, 0.1) is 0 Å². The molecule has 1 N–H and O–H groups in total. The Bertz CT molecular complexity index is 1160. The van der Waals surface area contributed by atoms with Crippen LogP contribution in [0.25, 0.3) is 22.0 Å². The highest BCUT2D eigenvalue weighted by Gasteiger charge is 2.17. The van der Waals surface area contributed by atoms with Gasteiger partial charge in [0, 0.05) is 17.4 Å². The second-order valence-corrected chi connectivity index (χ2v) is 7.71. The maximum Gasteiger partial charge on any atom is 0.231 e. The summed E-state index contributed by atoms with van der Waals surface area (Å²) in [6.07, 6.45) is 1.59. The summed E-state index contributed by atoms with van der Waals surface area (Å²) in [6.45, 7) is 1.47. The van der Waals surface area contributed by atoms with E-state index in [1.54, 1.807) is 24.8 Å². The number of methoxy groups -OCH3 is 1. The summed E-state index contributed by atoms with van der Waals surface area (Å²) >= 11 is 1.72. The molecule has 0 unspecified atom stereocenters. The minimum Gasteiger partial charge on any atom is -0.454 e. The molecule has 0 radical (unpaired) electrons. The summed E-state index contributed by atoms with van der Waals surface area (Å²) in [5, 5.41) is 6.49. The van der Waals surface area contributed by atoms with Gasteiger partial charge in [0.2, 0.25) is 6.79 Å². The lowest BCUT2D eigenvalue weighted by Crippen LogP contribution is -2.02. The van der Waals surface area contributed by atoms with Gasteiger partial charge in [-0.2, -0.15) is 0 Å². The number of ether oxygens (including phenoxy) is 3. The zero-order chi connectivity index (χ0) is 19.6. The van der Waals surface area contributed by atoms with Gasteiger partial charge < -0.3 is 19.5 Å². The lowest BCUT2D eigenvalue weighted by Gasteiger charge is -2.14. The minimum atomic E-state index is 0.256. The molecule has 0 atom stereocenters. The van der Waals surface area contributed by atoms with Crippen molar-refractivity contribution in [2.24, 2.45) is 0 Å². The Kier molecular flexibility index (Phi) is 4.75. The SMILES string of the molecule is COCc1cc2ncnc(NCc3cccs3)c2cc1-c1ccc2c(c1)OCO2. The van der Waals surface area contributed by atoms with Crippen LogP contribution in [-0.2, 0) is 17.9 Å². The lowest BCUT2D eigenvalue weighted by molar-refractivity contribution is 0.174. The van der Waals surface area contributed by atoms with Gasteiger partial charge in [-0.3, -0.25) is 0 Å². The average Bonchev–Trinajstić information content (AvgIpc) is 3.43. The molecular formula is C22H19N3O3S. The van der Waals surface area contributed by atoms with Gasteiger partial charge in [-0.1, -0.05) is 12.1 Å². The minimum absolute atomic E-state index is 0.256. The molecule has 2 aromatic heterocycles. The molecule has 0 aliphatic carbocycles. The molecule has 0 saturated carbocycles. The molecule has 0 bridgehead atoms. The number of nitrogens with one attached hydrogen (secondary N) is 1. The topological polar surface area (TPSA) is 65.5 Å². The van der Waals surface area contributed by atoms with Crippen LogP contribution in [0.3, 0.4) is 0 Å². The van der Waals surface area contributed by atoms with Crippen molar-refractivity contribution in [2.75, 3.05) is 19.2 Å². The third-order valence-electron chi connectivity index (χ3n) is 4.85. The van der Waals surface area contributed by atoms with Crippen molar-refractivity contribution >= 4 is 28.1 Å². The van der Waals surface area contributed by atoms with E-state index in [1.165, 1.54) is 4.88 Å². The van der Waals surface area contributed by atoms with Gasteiger partial charge >= 0.3 is 0 Å². The van der Waals surface area contributed by atoms with Crippen molar-refractivity contribution in [1.82, 2.24) is 9.97 Å². The van der Waals surface area contributed by atoms with Gasteiger partial charge in [0.15, 0.2) is 11.5 Å². The fraction of sp³-hybridized carbons (Fsp3) is 0.182. The van der Waals surface area contributed by atoms with Gasteiger partial charge in [-0.15, -0.1) is 11.3 Å². The maximum atomic E-state index is 5.56. The molecule has 3 heterocycles. The molecule has 0 amide bonds. The number of aromatic nitrogens is 2. The van der Waals surface area contributed by atoms with Gasteiger partial charge in [0.25, 0.3) is 0 Å². The summed E-state index contributed by atoms with van der Waals surface area (Å²) in [6, 6.07) is 14.3. The van der Waals surface area contributed by atoms with Crippen LogP contribution < -0.4 is 14.8 Å². The zero-order valence-corrected chi connectivity index (χ0v) is 16.7. The van der Waals surface area contributed by atoms with Crippen molar-refractivity contribution < 1.29 is 14.2 Å². The number of fused-ring (bicyclic) bond motifs is 2. The standard InChI is InChI=1S/C22H19N3O3S/c1-26-11-15-7-19-18(22(25-12-24-19)23-10-16-3-2-6-29-16)9-17(15)14-4-5-20-21(8-14)28-13-27-20/h2-9,12H,10-11,13H2,1H3,(H,23,24,25). The quantitative estimate of drug-likeness (QED) is 0.495. The van der Waals surface area contributed by atoms with Crippen molar-refractivity contribution in [2.45, 2.75) is 13.2 Å². The van der Waals surface area contributed by atoms with E-state index in [4.69, 9.17) is 14.2 Å². The number of benzene rings is 2. The smallest absolute Gasteiger partial charge is 0.231 e. The molecule has 5 rings (SSSR count). The van der Waals surface area contributed by atoms with Crippen molar-refractivity contribution in [3.05, 3.63) is 64.6 Å². The highest BCUT2D eigenvalue weighted by molar-refractivity contribution is 7.09. The molecule has 1 aliphatic heterocycles. The summed E-state index contributed by atoms with van der Waals surface area (Å²) in [7, 11) is 1.70. The molecule has 0 fully saturated rings. The largest absolute Gasteiger partial charge is 0.454 e. The first-order valence-electron chi connectivity index (χ1n) is 9.24. The molecule has 0 spiro atoms. The first kappa shape index (κ1) is 17.9. The lowest BCUT2D eigenvalue weighted by atomic mass is 9.97. The van der Waals surface area contributed by atoms with E-state index in [1.807, 2.05) is 18.2 Å². The second kappa shape index (κ2) is 7.69. The number of anilines is 1. The van der Waals surface area contributed by atoms with Crippen LogP contribution in [0.1, 0.15) is 10.4 Å². The molecule has 4 aromatic rings. The van der Waals surface area contributed by atoms with E-state index in [2.05, 4.69) is 44.9 Å². The van der Waals surface area contributed by atoms with Gasteiger partial charge in [-0.25, -0.2) is 9.97 Å². The van der Waals surface area contributed by atoms with Gasteiger partial charge in [0.1, 0.15) is 12.1 Å². The van der Waals surface area contributed by atoms with Gasteiger partial charge in [-0.05, 0) is 52.4 Å². The summed E-state index contributed by atoms with van der Waals surface area (Å²) in [4.78, 5) is 10.2. The Balaban J connectivity index is 1.59. The number of thiophene rings is 1. The van der Waals surface area contributed by atoms with Crippen LogP contribution in [0.2, 0.25) is 0 Å². The predicted octanol–water partition coefficient (Wildman–Crippen LogP) is 4.85. The molecule has 1 aliphatic rings. The Hall–Kier alpha value is -3.16. The molecule has 2 aromatic carbocycles. The van der Waals surface area contributed by atoms with Crippen molar-refractivity contribution in [3.63, 3.8) is 0 Å². The van der Waals surface area contributed by atoms with Crippen LogP contribution in [0.5, 0.6) is 11.5 Å². The molecule has 0 saturated heterocycles. The Labute approximate surface area is 172 Å². The number of hydrogen-bond acceptors (Lipinski definition) is 7. The summed E-state index contributed by atoms with van der Waals surface area (Å²) in [5.41, 5.74) is 4.04. The van der Waals surface area contributed by atoms with Crippen LogP contribution in [-0.4, -0.2) is 23.9 Å².